The lowest BCUT2D eigenvalue weighted by Crippen LogP contribution is -2.24. The molecule has 3 heteroatoms. The van der Waals surface area contributed by atoms with Crippen molar-refractivity contribution in [3.8, 4) is 0 Å². The van der Waals surface area contributed by atoms with Crippen molar-refractivity contribution in [2.75, 3.05) is 6.54 Å². The highest BCUT2D eigenvalue weighted by Gasteiger charge is 2.16. The minimum atomic E-state index is -0.720. The van der Waals surface area contributed by atoms with Gasteiger partial charge in [-0.05, 0) is 19.4 Å². The minimum Gasteiger partial charge on any atom is -0.481 e. The summed E-state index contributed by atoms with van der Waals surface area (Å²) in [6.45, 7) is 0.859. The Labute approximate surface area is 54.1 Å². The summed E-state index contributed by atoms with van der Waals surface area (Å²) in [4.78, 5) is 10.1. The van der Waals surface area contributed by atoms with Crippen molar-refractivity contribution in [1.29, 1.82) is 0 Å². The average Bonchev–Trinajstić information content (AvgIpc) is 2.15. The number of hydrogen-bond donors (Lipinski definition) is 2. The lowest BCUT2D eigenvalue weighted by atomic mass is 10.2. The van der Waals surface area contributed by atoms with Gasteiger partial charge >= 0.3 is 5.97 Å². The second kappa shape index (κ2) is 2.82. The highest BCUT2D eigenvalue weighted by molar-refractivity contribution is 5.67. The molecule has 0 aromatic heterocycles. The van der Waals surface area contributed by atoms with Gasteiger partial charge in [-0.3, -0.25) is 4.79 Å². The van der Waals surface area contributed by atoms with Crippen molar-refractivity contribution in [3.05, 3.63) is 6.42 Å². The summed E-state index contributed by atoms with van der Waals surface area (Å²) < 4.78 is 0. The number of rotatable bonds is 2. The molecular weight excluding hydrogens is 118 g/mol. The number of nitrogens with one attached hydrogen (secondary N) is 1. The normalized spacial score (nSPS) is 26.4. The Bertz CT molecular complexity index is 108. The van der Waals surface area contributed by atoms with Crippen molar-refractivity contribution < 1.29 is 9.90 Å². The monoisotopic (exact) mass is 128 g/mol. The van der Waals surface area contributed by atoms with Crippen LogP contribution in [0, 0.1) is 6.42 Å². The molecule has 1 radical (unpaired) electrons. The van der Waals surface area contributed by atoms with Crippen molar-refractivity contribution in [1.82, 2.24) is 5.32 Å². The zero-order valence-electron chi connectivity index (χ0n) is 5.13. The van der Waals surface area contributed by atoms with Crippen molar-refractivity contribution in [3.63, 3.8) is 0 Å². The molecule has 0 unspecified atom stereocenters. The fraction of sp³-hybridized carbons (Fsp3) is 0.667. The molecule has 0 saturated carbocycles. The summed E-state index contributed by atoms with van der Waals surface area (Å²) in [5, 5.41) is 11.4. The molecule has 0 amide bonds. The van der Waals surface area contributed by atoms with Crippen LogP contribution in [-0.4, -0.2) is 23.7 Å². The van der Waals surface area contributed by atoms with E-state index in [1.165, 1.54) is 0 Å². The van der Waals surface area contributed by atoms with Gasteiger partial charge in [0.25, 0.3) is 0 Å². The second-order valence-electron chi connectivity index (χ2n) is 2.23. The SMILES string of the molecule is O=C(O)C[C@@H]1C[CH]CN1. The molecule has 1 aliphatic heterocycles. The molecule has 1 saturated heterocycles. The van der Waals surface area contributed by atoms with Crippen molar-refractivity contribution in [2.24, 2.45) is 0 Å². The van der Waals surface area contributed by atoms with Crippen LogP contribution in [-0.2, 0) is 4.79 Å². The van der Waals surface area contributed by atoms with E-state index in [0.717, 1.165) is 13.0 Å². The number of aliphatic carboxylic acids is 1. The first kappa shape index (κ1) is 6.55. The Balaban J connectivity index is 2.19. The van der Waals surface area contributed by atoms with E-state index < -0.39 is 5.97 Å². The zero-order chi connectivity index (χ0) is 6.69. The molecule has 51 valence electrons. The summed E-state index contributed by atoms with van der Waals surface area (Å²) in [5.74, 6) is -0.720. The van der Waals surface area contributed by atoms with Gasteiger partial charge in [-0.1, -0.05) is 0 Å². The van der Waals surface area contributed by atoms with Gasteiger partial charge in [-0.2, -0.15) is 0 Å². The van der Waals surface area contributed by atoms with Crippen LogP contribution in [0.25, 0.3) is 0 Å². The summed E-state index contributed by atoms with van der Waals surface area (Å²) in [6, 6.07) is 0.183. The summed E-state index contributed by atoms with van der Waals surface area (Å²) in [7, 11) is 0. The summed E-state index contributed by atoms with van der Waals surface area (Å²) in [5.41, 5.74) is 0. The highest BCUT2D eigenvalue weighted by atomic mass is 16.4. The third-order valence-corrected chi connectivity index (χ3v) is 1.42. The topological polar surface area (TPSA) is 49.3 Å². The van der Waals surface area contributed by atoms with Gasteiger partial charge in [0, 0.05) is 6.04 Å². The van der Waals surface area contributed by atoms with Crippen molar-refractivity contribution in [2.45, 2.75) is 18.9 Å². The van der Waals surface area contributed by atoms with E-state index in [2.05, 4.69) is 11.7 Å². The molecule has 1 fully saturated rings. The first-order chi connectivity index (χ1) is 4.29. The van der Waals surface area contributed by atoms with Crippen LogP contribution in [0.15, 0.2) is 0 Å². The minimum absolute atomic E-state index is 0.183. The smallest absolute Gasteiger partial charge is 0.304 e. The largest absolute Gasteiger partial charge is 0.481 e. The van der Waals surface area contributed by atoms with Crippen LogP contribution in [0.2, 0.25) is 0 Å². The number of hydrogen-bond acceptors (Lipinski definition) is 2. The Morgan fingerprint density at radius 3 is 3.11 bits per heavy atom. The lowest BCUT2D eigenvalue weighted by Gasteiger charge is -2.03. The van der Waals surface area contributed by atoms with Crippen LogP contribution in [0.3, 0.4) is 0 Å². The molecule has 1 aliphatic rings. The van der Waals surface area contributed by atoms with Crippen LogP contribution >= 0.6 is 0 Å². The molecule has 0 aromatic carbocycles. The molecule has 0 spiro atoms. The van der Waals surface area contributed by atoms with Crippen LogP contribution in [0.1, 0.15) is 12.8 Å². The third kappa shape index (κ3) is 2.01. The quantitative estimate of drug-likeness (QED) is 0.551. The molecule has 0 aromatic rings. The predicted octanol–water partition coefficient (Wildman–Crippen LogP) is 0.0273. The molecule has 1 rings (SSSR count). The first-order valence-corrected chi connectivity index (χ1v) is 3.06. The molecule has 1 heterocycles. The Morgan fingerprint density at radius 1 is 1.89 bits per heavy atom. The third-order valence-electron chi connectivity index (χ3n) is 1.42. The van der Waals surface area contributed by atoms with Gasteiger partial charge < -0.3 is 10.4 Å². The Kier molecular flexibility index (Phi) is 2.05. The fourth-order valence-corrected chi connectivity index (χ4v) is 0.984. The molecule has 2 N–H and O–H groups in total. The molecule has 9 heavy (non-hydrogen) atoms. The molecule has 0 bridgehead atoms. The van der Waals surface area contributed by atoms with Gasteiger partial charge in [-0.25, -0.2) is 0 Å². The Morgan fingerprint density at radius 2 is 2.67 bits per heavy atom. The van der Waals surface area contributed by atoms with E-state index >= 15 is 0 Å². The molecule has 3 nitrogen and oxygen atoms in total. The van der Waals surface area contributed by atoms with Gasteiger partial charge in [0.05, 0.1) is 6.42 Å². The van der Waals surface area contributed by atoms with E-state index in [9.17, 15) is 4.79 Å². The maximum Gasteiger partial charge on any atom is 0.304 e. The highest BCUT2D eigenvalue weighted by Crippen LogP contribution is 2.06. The van der Waals surface area contributed by atoms with E-state index in [1.54, 1.807) is 0 Å². The van der Waals surface area contributed by atoms with Gasteiger partial charge in [0.2, 0.25) is 0 Å². The number of carboxylic acids is 1. The second-order valence-corrected chi connectivity index (χ2v) is 2.23. The molecule has 1 atom stereocenters. The number of carboxylic acid groups (broad SMARTS) is 1. The fourth-order valence-electron chi connectivity index (χ4n) is 0.984. The maximum atomic E-state index is 10.1. The van der Waals surface area contributed by atoms with E-state index in [4.69, 9.17) is 5.11 Å². The Hall–Kier alpha value is -0.570. The van der Waals surface area contributed by atoms with E-state index in [-0.39, 0.29) is 12.5 Å². The first-order valence-electron chi connectivity index (χ1n) is 3.06. The molecule has 0 aliphatic carbocycles. The zero-order valence-corrected chi connectivity index (χ0v) is 5.13. The standard InChI is InChI=1S/C6H10NO2/c8-6(9)4-5-2-1-3-7-5/h1,5,7H,2-4H2,(H,8,9)/t5-/m0/s1. The van der Waals surface area contributed by atoms with E-state index in [1.807, 2.05) is 0 Å². The van der Waals surface area contributed by atoms with Crippen LogP contribution < -0.4 is 5.32 Å². The van der Waals surface area contributed by atoms with Crippen LogP contribution in [0.4, 0.5) is 0 Å². The maximum absolute atomic E-state index is 10.1. The summed E-state index contributed by atoms with van der Waals surface area (Å²) >= 11 is 0. The summed E-state index contributed by atoms with van der Waals surface area (Å²) in [6.07, 6.45) is 3.20. The van der Waals surface area contributed by atoms with Crippen molar-refractivity contribution >= 4 is 5.97 Å². The predicted molar refractivity (Wildman–Crippen MR) is 33.0 cm³/mol. The molecular formula is C6H10NO2. The van der Waals surface area contributed by atoms with Gasteiger partial charge in [0.1, 0.15) is 0 Å². The number of carbonyl (C=O) groups is 1. The van der Waals surface area contributed by atoms with E-state index in [0.29, 0.717) is 0 Å². The van der Waals surface area contributed by atoms with Crippen LogP contribution in [0.5, 0.6) is 0 Å². The average molecular weight is 128 g/mol. The van der Waals surface area contributed by atoms with Gasteiger partial charge in [0.15, 0.2) is 0 Å². The van der Waals surface area contributed by atoms with Gasteiger partial charge in [-0.15, -0.1) is 0 Å². The lowest BCUT2D eigenvalue weighted by molar-refractivity contribution is -0.137.